The first-order valence-electron chi connectivity index (χ1n) is 8.75. The van der Waals surface area contributed by atoms with Gasteiger partial charge in [-0.2, -0.15) is 0 Å². The number of ether oxygens (including phenoxy) is 5. The minimum atomic E-state index is -1.33. The fourth-order valence-electron chi connectivity index (χ4n) is 4.12. The molecule has 3 fully saturated rings. The van der Waals surface area contributed by atoms with Crippen LogP contribution in [-0.2, 0) is 23.7 Å². The van der Waals surface area contributed by atoms with Crippen LogP contribution in [0.15, 0.2) is 24.3 Å². The van der Waals surface area contributed by atoms with Crippen molar-refractivity contribution in [3.63, 3.8) is 0 Å². The summed E-state index contributed by atoms with van der Waals surface area (Å²) >= 11 is 0. The summed E-state index contributed by atoms with van der Waals surface area (Å²) in [7, 11) is 0. The summed E-state index contributed by atoms with van der Waals surface area (Å²) in [5.74, 6) is -2.96. The van der Waals surface area contributed by atoms with E-state index in [4.69, 9.17) is 23.7 Å². The third-order valence-corrected chi connectivity index (χ3v) is 5.07. The molecule has 3 aliphatic rings. The minimum Gasteiger partial charge on any atom is -0.383 e. The highest BCUT2D eigenvalue weighted by Crippen LogP contribution is 2.52. The van der Waals surface area contributed by atoms with E-state index in [-0.39, 0.29) is 18.8 Å². The number of rotatable bonds is 2. The molecule has 0 aliphatic carbocycles. The lowest BCUT2D eigenvalue weighted by Gasteiger charge is -2.43. The molecule has 0 bridgehead atoms. The van der Waals surface area contributed by atoms with Gasteiger partial charge in [0.15, 0.2) is 11.6 Å². The Morgan fingerprint density at radius 1 is 1.04 bits per heavy atom. The molecule has 3 heterocycles. The Balaban J connectivity index is 1.75. The van der Waals surface area contributed by atoms with E-state index in [0.29, 0.717) is 0 Å². The van der Waals surface area contributed by atoms with E-state index in [1.54, 1.807) is 0 Å². The van der Waals surface area contributed by atoms with Gasteiger partial charge in [-0.1, -0.05) is 24.3 Å². The molecule has 138 valence electrons. The molecule has 1 N–H and O–H groups in total. The van der Waals surface area contributed by atoms with Crippen LogP contribution in [0.1, 0.15) is 44.9 Å². The zero-order valence-electron chi connectivity index (χ0n) is 15.3. The van der Waals surface area contributed by atoms with Crippen molar-refractivity contribution in [2.75, 3.05) is 6.61 Å². The van der Waals surface area contributed by atoms with E-state index < -0.39 is 29.6 Å². The second-order valence-corrected chi connectivity index (χ2v) is 7.97. The highest BCUT2D eigenvalue weighted by atomic mass is 16.9. The van der Waals surface area contributed by atoms with Crippen molar-refractivity contribution in [3.8, 4) is 0 Å². The van der Waals surface area contributed by atoms with Crippen molar-refractivity contribution in [2.45, 2.75) is 76.4 Å². The van der Waals surface area contributed by atoms with Crippen LogP contribution in [0.2, 0.25) is 0 Å². The molecular formula is C19H26O6. The van der Waals surface area contributed by atoms with Gasteiger partial charge in [0.2, 0.25) is 5.79 Å². The Hall–Kier alpha value is -1.02. The average molecular weight is 350 g/mol. The molecule has 0 spiro atoms. The lowest BCUT2D eigenvalue weighted by Crippen LogP contribution is -2.61. The predicted octanol–water partition coefficient (Wildman–Crippen LogP) is 2.43. The minimum absolute atomic E-state index is 0.255. The third-order valence-electron chi connectivity index (χ3n) is 5.07. The van der Waals surface area contributed by atoms with Crippen LogP contribution in [0.3, 0.4) is 0 Å². The highest BCUT2D eigenvalue weighted by molar-refractivity contribution is 5.30. The number of benzene rings is 1. The Bertz CT molecular complexity index is 672. The topological polar surface area (TPSA) is 66.4 Å². The van der Waals surface area contributed by atoms with Gasteiger partial charge >= 0.3 is 0 Å². The third kappa shape index (κ3) is 2.72. The molecular weight excluding hydrogens is 324 g/mol. The number of aryl methyl sites for hydroxylation is 1. The fourth-order valence-corrected chi connectivity index (χ4v) is 4.12. The van der Waals surface area contributed by atoms with Crippen LogP contribution in [0, 0.1) is 6.92 Å². The van der Waals surface area contributed by atoms with E-state index in [1.165, 1.54) is 0 Å². The summed E-state index contributed by atoms with van der Waals surface area (Å²) in [6.45, 7) is 9.59. The molecule has 25 heavy (non-hydrogen) atoms. The number of hydrogen-bond donors (Lipinski definition) is 1. The molecule has 3 saturated heterocycles. The first-order valence-corrected chi connectivity index (χ1v) is 8.75. The Labute approximate surface area is 148 Å². The average Bonchev–Trinajstić information content (AvgIpc) is 2.99. The standard InChI is InChI=1S/C19H26O6/c1-11-8-6-7-9-12(11)15(20)19-16(24-18(4,5)25-19)14-13(10-21-19)22-17(2,3)23-14/h6-9,13-16,20H,10H2,1-5H3/t13-,14-,15+,16+,19+/m1/s1. The summed E-state index contributed by atoms with van der Waals surface area (Å²) in [4.78, 5) is 0. The molecule has 0 unspecified atom stereocenters. The van der Waals surface area contributed by atoms with Crippen LogP contribution in [0.4, 0.5) is 0 Å². The summed E-state index contributed by atoms with van der Waals surface area (Å²) < 4.78 is 30.4. The van der Waals surface area contributed by atoms with Gasteiger partial charge in [-0.3, -0.25) is 0 Å². The zero-order chi connectivity index (χ0) is 18.0. The van der Waals surface area contributed by atoms with Crippen molar-refractivity contribution in [3.05, 3.63) is 35.4 Å². The molecule has 4 rings (SSSR count). The number of fused-ring (bicyclic) bond motifs is 3. The van der Waals surface area contributed by atoms with Crippen LogP contribution < -0.4 is 0 Å². The number of hydrogen-bond acceptors (Lipinski definition) is 6. The largest absolute Gasteiger partial charge is 0.383 e. The van der Waals surface area contributed by atoms with Crippen LogP contribution in [-0.4, -0.2) is 47.4 Å². The van der Waals surface area contributed by atoms with E-state index >= 15 is 0 Å². The Kier molecular flexibility index (Phi) is 3.82. The number of aliphatic hydroxyl groups is 1. The van der Waals surface area contributed by atoms with Crippen molar-refractivity contribution in [2.24, 2.45) is 0 Å². The van der Waals surface area contributed by atoms with Gasteiger partial charge in [-0.15, -0.1) is 0 Å². The molecule has 0 amide bonds. The van der Waals surface area contributed by atoms with Gasteiger partial charge in [0.05, 0.1) is 6.61 Å². The summed E-state index contributed by atoms with van der Waals surface area (Å²) in [5.41, 5.74) is 1.72. The summed E-state index contributed by atoms with van der Waals surface area (Å²) in [6, 6.07) is 7.66. The molecule has 5 atom stereocenters. The van der Waals surface area contributed by atoms with Gasteiger partial charge in [0, 0.05) is 0 Å². The lowest BCUT2D eigenvalue weighted by molar-refractivity contribution is -0.320. The Morgan fingerprint density at radius 3 is 2.48 bits per heavy atom. The zero-order valence-corrected chi connectivity index (χ0v) is 15.3. The van der Waals surface area contributed by atoms with Gasteiger partial charge in [0.1, 0.15) is 24.4 Å². The van der Waals surface area contributed by atoms with Gasteiger partial charge < -0.3 is 28.8 Å². The SMILES string of the molecule is Cc1ccccc1[C@H](O)[C@@]12OC[C@H]3OC(C)(C)O[C@H]3[C@@H]1OC(C)(C)O2. The van der Waals surface area contributed by atoms with E-state index in [1.807, 2.05) is 58.9 Å². The maximum absolute atomic E-state index is 11.2. The Morgan fingerprint density at radius 2 is 1.76 bits per heavy atom. The molecule has 6 heteroatoms. The first-order chi connectivity index (χ1) is 11.6. The molecule has 1 aromatic rings. The van der Waals surface area contributed by atoms with Crippen molar-refractivity contribution >= 4 is 0 Å². The van der Waals surface area contributed by atoms with Gasteiger partial charge in [-0.25, -0.2) is 0 Å². The predicted molar refractivity (Wildman–Crippen MR) is 88.7 cm³/mol. The summed E-state index contributed by atoms with van der Waals surface area (Å²) in [6.07, 6.45) is -2.23. The van der Waals surface area contributed by atoms with Crippen LogP contribution in [0.25, 0.3) is 0 Å². The second-order valence-electron chi connectivity index (χ2n) is 7.97. The first kappa shape index (κ1) is 17.4. The van der Waals surface area contributed by atoms with E-state index in [9.17, 15) is 5.11 Å². The second kappa shape index (κ2) is 5.49. The van der Waals surface area contributed by atoms with E-state index in [2.05, 4.69) is 0 Å². The summed E-state index contributed by atoms with van der Waals surface area (Å²) in [5, 5.41) is 11.2. The highest BCUT2D eigenvalue weighted by Gasteiger charge is 2.68. The maximum atomic E-state index is 11.2. The van der Waals surface area contributed by atoms with Crippen molar-refractivity contribution < 1.29 is 28.8 Å². The maximum Gasteiger partial charge on any atom is 0.231 e. The van der Waals surface area contributed by atoms with Gasteiger partial charge in [-0.05, 0) is 45.7 Å². The molecule has 6 nitrogen and oxygen atoms in total. The number of aliphatic hydroxyl groups excluding tert-OH is 1. The fraction of sp³-hybridized carbons (Fsp3) is 0.684. The normalized spacial score (nSPS) is 39.7. The smallest absolute Gasteiger partial charge is 0.231 e. The quantitative estimate of drug-likeness (QED) is 0.884. The molecule has 0 saturated carbocycles. The monoisotopic (exact) mass is 350 g/mol. The molecule has 0 aromatic heterocycles. The molecule has 0 radical (unpaired) electrons. The van der Waals surface area contributed by atoms with Crippen molar-refractivity contribution in [1.29, 1.82) is 0 Å². The van der Waals surface area contributed by atoms with Crippen molar-refractivity contribution in [1.82, 2.24) is 0 Å². The van der Waals surface area contributed by atoms with E-state index in [0.717, 1.165) is 11.1 Å². The lowest BCUT2D eigenvalue weighted by atomic mass is 9.88. The van der Waals surface area contributed by atoms with Crippen LogP contribution in [0.5, 0.6) is 0 Å². The molecule has 1 aromatic carbocycles. The van der Waals surface area contributed by atoms with Gasteiger partial charge in [0.25, 0.3) is 0 Å². The van der Waals surface area contributed by atoms with Crippen LogP contribution >= 0.6 is 0 Å². The molecule has 3 aliphatic heterocycles.